The van der Waals surface area contributed by atoms with Gasteiger partial charge < -0.3 is 5.73 Å². The van der Waals surface area contributed by atoms with E-state index in [9.17, 15) is 8.42 Å². The first kappa shape index (κ1) is 15.3. The smallest absolute Gasteiger partial charge is 0.235 e. The van der Waals surface area contributed by atoms with E-state index < -0.39 is 10.0 Å². The molecule has 1 aromatic heterocycles. The summed E-state index contributed by atoms with van der Waals surface area (Å²) in [6, 6.07) is 10.6. The van der Waals surface area contributed by atoms with Crippen molar-refractivity contribution in [1.82, 2.24) is 4.98 Å². The van der Waals surface area contributed by atoms with Crippen LogP contribution < -0.4 is 10.0 Å². The Morgan fingerprint density at radius 1 is 1.14 bits per heavy atom. The van der Waals surface area contributed by atoms with Crippen molar-refractivity contribution < 1.29 is 8.42 Å². The van der Waals surface area contributed by atoms with Gasteiger partial charge in [0.2, 0.25) is 10.0 Å². The monoisotopic (exact) mass is 305 g/mol. The highest BCUT2D eigenvalue weighted by atomic mass is 32.2. The molecule has 5 nitrogen and oxygen atoms in total. The standard InChI is InChI=1S/C15H19N3O2S/c1-2-18(15-6-4-3-5-14(15)16)21(19,20)12-9-13-7-10-17-11-8-13/h3-8,10-11H,2,9,12,16H2,1H3. The second-order valence-electron chi connectivity index (χ2n) is 4.65. The number of sulfonamides is 1. The van der Waals surface area contributed by atoms with E-state index in [2.05, 4.69) is 4.98 Å². The molecule has 0 radical (unpaired) electrons. The number of anilines is 2. The lowest BCUT2D eigenvalue weighted by Gasteiger charge is -2.24. The van der Waals surface area contributed by atoms with Gasteiger partial charge in [-0.05, 0) is 43.2 Å². The molecule has 2 aromatic rings. The highest BCUT2D eigenvalue weighted by molar-refractivity contribution is 7.92. The van der Waals surface area contributed by atoms with Gasteiger partial charge in [0.1, 0.15) is 0 Å². The Kier molecular flexibility index (Phi) is 4.80. The number of para-hydroxylation sites is 2. The first-order chi connectivity index (χ1) is 10.0. The van der Waals surface area contributed by atoms with Crippen LogP contribution in [0.5, 0.6) is 0 Å². The summed E-state index contributed by atoms with van der Waals surface area (Å²) in [7, 11) is -3.41. The lowest BCUT2D eigenvalue weighted by atomic mass is 10.2. The Morgan fingerprint density at radius 2 is 1.81 bits per heavy atom. The fourth-order valence-corrected chi connectivity index (χ4v) is 3.71. The molecule has 1 heterocycles. The van der Waals surface area contributed by atoms with Crippen LogP contribution in [0.3, 0.4) is 0 Å². The van der Waals surface area contributed by atoms with Crippen LogP contribution in [0.25, 0.3) is 0 Å². The van der Waals surface area contributed by atoms with Gasteiger partial charge in [-0.1, -0.05) is 12.1 Å². The minimum Gasteiger partial charge on any atom is -0.397 e. The Morgan fingerprint density at radius 3 is 2.43 bits per heavy atom. The number of rotatable bonds is 6. The number of pyridine rings is 1. The SMILES string of the molecule is CCN(c1ccccc1N)S(=O)(=O)CCc1ccncc1. The second-order valence-corrected chi connectivity index (χ2v) is 6.66. The molecule has 0 bridgehead atoms. The molecule has 0 saturated carbocycles. The van der Waals surface area contributed by atoms with E-state index in [1.165, 1.54) is 4.31 Å². The van der Waals surface area contributed by atoms with Gasteiger partial charge in [0.05, 0.1) is 17.1 Å². The fraction of sp³-hybridized carbons (Fsp3) is 0.267. The molecule has 2 N–H and O–H groups in total. The molecule has 0 fully saturated rings. The quantitative estimate of drug-likeness (QED) is 0.829. The largest absolute Gasteiger partial charge is 0.397 e. The number of aromatic nitrogens is 1. The Balaban J connectivity index is 2.19. The molecule has 0 aliphatic rings. The summed E-state index contributed by atoms with van der Waals surface area (Å²) >= 11 is 0. The van der Waals surface area contributed by atoms with Gasteiger partial charge in [0, 0.05) is 18.9 Å². The number of benzene rings is 1. The van der Waals surface area contributed by atoms with Crippen LogP contribution in [0.15, 0.2) is 48.8 Å². The van der Waals surface area contributed by atoms with E-state index in [1.54, 1.807) is 43.6 Å². The Bertz CT molecular complexity index is 687. The predicted molar refractivity (Wildman–Crippen MR) is 85.6 cm³/mol. The number of nitrogens with zero attached hydrogens (tertiary/aromatic N) is 2. The zero-order valence-corrected chi connectivity index (χ0v) is 12.8. The number of hydrogen-bond donors (Lipinski definition) is 1. The van der Waals surface area contributed by atoms with Gasteiger partial charge in [0.15, 0.2) is 0 Å². The second kappa shape index (κ2) is 6.58. The van der Waals surface area contributed by atoms with Crippen LogP contribution in [-0.2, 0) is 16.4 Å². The minimum absolute atomic E-state index is 0.0409. The minimum atomic E-state index is -3.41. The zero-order valence-electron chi connectivity index (χ0n) is 11.9. The van der Waals surface area contributed by atoms with Crippen molar-refractivity contribution in [1.29, 1.82) is 0 Å². The van der Waals surface area contributed by atoms with Crippen molar-refractivity contribution >= 4 is 21.4 Å². The third-order valence-electron chi connectivity index (χ3n) is 3.23. The van der Waals surface area contributed by atoms with E-state index >= 15 is 0 Å². The number of aryl methyl sites for hydroxylation is 1. The summed E-state index contributed by atoms with van der Waals surface area (Å²) < 4.78 is 26.4. The predicted octanol–water partition coefficient (Wildman–Crippen LogP) is 2.06. The van der Waals surface area contributed by atoms with Crippen molar-refractivity contribution in [2.45, 2.75) is 13.3 Å². The first-order valence-electron chi connectivity index (χ1n) is 6.78. The van der Waals surface area contributed by atoms with Gasteiger partial charge >= 0.3 is 0 Å². The first-order valence-corrected chi connectivity index (χ1v) is 8.39. The highest BCUT2D eigenvalue weighted by Gasteiger charge is 2.22. The maximum atomic E-state index is 12.5. The van der Waals surface area contributed by atoms with Crippen molar-refractivity contribution in [2.24, 2.45) is 0 Å². The van der Waals surface area contributed by atoms with Gasteiger partial charge in [-0.25, -0.2) is 8.42 Å². The summed E-state index contributed by atoms with van der Waals surface area (Å²) in [5, 5.41) is 0. The van der Waals surface area contributed by atoms with Gasteiger partial charge in [-0.2, -0.15) is 0 Å². The third-order valence-corrected chi connectivity index (χ3v) is 5.07. The molecule has 6 heteroatoms. The maximum Gasteiger partial charge on any atom is 0.235 e. The van der Waals surface area contributed by atoms with E-state index in [1.807, 2.05) is 12.1 Å². The van der Waals surface area contributed by atoms with E-state index in [0.717, 1.165) is 5.56 Å². The fourth-order valence-electron chi connectivity index (χ4n) is 2.14. The molecule has 2 rings (SSSR count). The van der Waals surface area contributed by atoms with Crippen LogP contribution in [-0.4, -0.2) is 25.7 Å². The molecule has 0 spiro atoms. The molecule has 0 unspecified atom stereocenters. The number of nitrogen functional groups attached to an aromatic ring is 1. The van der Waals surface area contributed by atoms with Crippen LogP contribution in [0.1, 0.15) is 12.5 Å². The average molecular weight is 305 g/mol. The molecule has 0 aliphatic heterocycles. The Hall–Kier alpha value is -2.08. The molecule has 21 heavy (non-hydrogen) atoms. The molecule has 0 amide bonds. The molecular formula is C15H19N3O2S. The normalized spacial score (nSPS) is 11.3. The zero-order chi connectivity index (χ0) is 15.3. The van der Waals surface area contributed by atoms with Gasteiger partial charge in [0.25, 0.3) is 0 Å². The summed E-state index contributed by atoms with van der Waals surface area (Å²) in [5.74, 6) is 0.0409. The molecule has 0 atom stereocenters. The Labute approximate surface area is 125 Å². The van der Waals surface area contributed by atoms with Crippen molar-refractivity contribution in [3.63, 3.8) is 0 Å². The summed E-state index contributed by atoms with van der Waals surface area (Å²) in [6.07, 6.45) is 3.78. The molecule has 112 valence electrons. The molecule has 0 aliphatic carbocycles. The van der Waals surface area contributed by atoms with E-state index in [-0.39, 0.29) is 5.75 Å². The maximum absolute atomic E-state index is 12.5. The topological polar surface area (TPSA) is 76.3 Å². The molecule has 1 aromatic carbocycles. The van der Waals surface area contributed by atoms with Crippen LogP contribution in [0.2, 0.25) is 0 Å². The van der Waals surface area contributed by atoms with Gasteiger partial charge in [-0.3, -0.25) is 9.29 Å². The van der Waals surface area contributed by atoms with Crippen molar-refractivity contribution in [2.75, 3.05) is 22.3 Å². The molecular weight excluding hydrogens is 286 g/mol. The van der Waals surface area contributed by atoms with Crippen LogP contribution >= 0.6 is 0 Å². The summed E-state index contributed by atoms with van der Waals surface area (Å²) in [5.41, 5.74) is 7.84. The van der Waals surface area contributed by atoms with Crippen molar-refractivity contribution in [3.8, 4) is 0 Å². The summed E-state index contributed by atoms with van der Waals surface area (Å²) in [6.45, 7) is 2.16. The van der Waals surface area contributed by atoms with Crippen LogP contribution in [0, 0.1) is 0 Å². The highest BCUT2D eigenvalue weighted by Crippen LogP contribution is 2.25. The van der Waals surface area contributed by atoms with Crippen molar-refractivity contribution in [3.05, 3.63) is 54.4 Å². The third kappa shape index (κ3) is 3.72. The molecule has 0 saturated heterocycles. The number of nitrogens with two attached hydrogens (primary N) is 1. The number of hydrogen-bond acceptors (Lipinski definition) is 4. The summed E-state index contributed by atoms with van der Waals surface area (Å²) in [4.78, 5) is 3.92. The lowest BCUT2D eigenvalue weighted by Crippen LogP contribution is -2.34. The average Bonchev–Trinajstić information content (AvgIpc) is 2.49. The van der Waals surface area contributed by atoms with E-state index in [0.29, 0.717) is 24.3 Å². The van der Waals surface area contributed by atoms with E-state index in [4.69, 9.17) is 5.73 Å². The van der Waals surface area contributed by atoms with Crippen LogP contribution in [0.4, 0.5) is 11.4 Å². The van der Waals surface area contributed by atoms with Gasteiger partial charge in [-0.15, -0.1) is 0 Å². The lowest BCUT2D eigenvalue weighted by molar-refractivity contribution is 0.591.